The molecule has 2 heterocycles. The third-order valence-electron chi connectivity index (χ3n) is 4.27. The first kappa shape index (κ1) is 17.4. The summed E-state index contributed by atoms with van der Waals surface area (Å²) in [5.74, 6) is 0.724. The number of Topliss-reactive ketones (excluding diaryl/α,β-unsaturated/α-hetero) is 1. The molecule has 0 bridgehead atoms. The van der Waals surface area contributed by atoms with Gasteiger partial charge in [0, 0.05) is 10.4 Å². The number of thiophene rings is 1. The molecule has 130 valence electrons. The second-order valence-electron chi connectivity index (χ2n) is 5.91. The highest BCUT2D eigenvalue weighted by Gasteiger charge is 2.20. The lowest BCUT2D eigenvalue weighted by Crippen LogP contribution is -2.27. The first-order valence-corrected chi connectivity index (χ1v) is 8.99. The van der Waals surface area contributed by atoms with E-state index in [0.717, 1.165) is 21.8 Å². The summed E-state index contributed by atoms with van der Waals surface area (Å²) >= 11 is 1.49. The molecule has 3 rings (SSSR count). The smallest absolute Gasteiger partial charge is 0.263 e. The van der Waals surface area contributed by atoms with Crippen molar-refractivity contribution in [2.45, 2.75) is 33.7 Å². The fraction of sp³-hybridized carbons (Fsp3) is 0.316. The number of aromatic nitrogens is 2. The quantitative estimate of drug-likeness (QED) is 0.694. The summed E-state index contributed by atoms with van der Waals surface area (Å²) in [5.41, 5.74) is 1.64. The molecular weight excluding hydrogens is 336 g/mol. The Hall–Kier alpha value is -2.47. The summed E-state index contributed by atoms with van der Waals surface area (Å²) in [6.45, 7) is 7.73. The van der Waals surface area contributed by atoms with Gasteiger partial charge in [-0.3, -0.25) is 14.2 Å². The molecule has 0 fully saturated rings. The molecule has 0 spiro atoms. The zero-order valence-electron chi connectivity index (χ0n) is 14.7. The van der Waals surface area contributed by atoms with Gasteiger partial charge in [0.1, 0.15) is 10.6 Å². The lowest BCUT2D eigenvalue weighted by Gasteiger charge is -2.11. The van der Waals surface area contributed by atoms with E-state index in [9.17, 15) is 9.59 Å². The molecule has 25 heavy (non-hydrogen) atoms. The Labute approximate surface area is 149 Å². The first-order chi connectivity index (χ1) is 11.9. The molecule has 1 aromatic carbocycles. The van der Waals surface area contributed by atoms with Gasteiger partial charge in [-0.1, -0.05) is 12.1 Å². The van der Waals surface area contributed by atoms with Crippen molar-refractivity contribution in [1.82, 2.24) is 9.55 Å². The number of nitrogens with zero attached hydrogens (tertiary/aromatic N) is 2. The van der Waals surface area contributed by atoms with Crippen molar-refractivity contribution in [1.29, 1.82) is 0 Å². The molecule has 0 unspecified atom stereocenters. The zero-order chi connectivity index (χ0) is 18.1. The number of hydrogen-bond acceptors (Lipinski definition) is 5. The van der Waals surface area contributed by atoms with E-state index in [-0.39, 0.29) is 11.3 Å². The zero-order valence-corrected chi connectivity index (χ0v) is 15.5. The molecule has 0 N–H and O–H groups in total. The van der Waals surface area contributed by atoms with Crippen molar-refractivity contribution in [2.75, 3.05) is 6.61 Å². The van der Waals surface area contributed by atoms with Crippen molar-refractivity contribution in [3.8, 4) is 16.9 Å². The minimum Gasteiger partial charge on any atom is -0.494 e. The number of ketones is 1. The molecule has 0 amide bonds. The van der Waals surface area contributed by atoms with Crippen LogP contribution in [0.2, 0.25) is 0 Å². The normalized spacial score (nSPS) is 12.3. The lowest BCUT2D eigenvalue weighted by molar-refractivity contribution is -0.119. The predicted octanol–water partition coefficient (Wildman–Crippen LogP) is 3.98. The molecule has 0 saturated carbocycles. The average molecular weight is 356 g/mol. The number of fused-ring (bicyclic) bond motifs is 1. The number of hydrogen-bond donors (Lipinski definition) is 0. The lowest BCUT2D eigenvalue weighted by atomic mass is 10.0. The van der Waals surface area contributed by atoms with E-state index in [1.54, 1.807) is 6.92 Å². The summed E-state index contributed by atoms with van der Waals surface area (Å²) in [4.78, 5) is 30.8. The fourth-order valence-electron chi connectivity index (χ4n) is 2.82. The van der Waals surface area contributed by atoms with Crippen LogP contribution in [0.5, 0.6) is 5.75 Å². The number of benzene rings is 1. The second-order valence-corrected chi connectivity index (χ2v) is 7.12. The predicted molar refractivity (Wildman–Crippen MR) is 101 cm³/mol. The first-order valence-electron chi connectivity index (χ1n) is 8.18. The van der Waals surface area contributed by atoms with Crippen LogP contribution in [0.25, 0.3) is 21.3 Å². The van der Waals surface area contributed by atoms with Gasteiger partial charge in [0.25, 0.3) is 5.56 Å². The SMILES string of the molecule is CCOc1ccc(-c2c(C)sc3ncn([C@H](C)C(C)=O)c(=O)c23)cc1. The Morgan fingerprint density at radius 3 is 2.60 bits per heavy atom. The molecule has 1 atom stereocenters. The monoisotopic (exact) mass is 356 g/mol. The van der Waals surface area contributed by atoms with Crippen LogP contribution in [0.4, 0.5) is 0 Å². The Morgan fingerprint density at radius 2 is 2.00 bits per heavy atom. The summed E-state index contributed by atoms with van der Waals surface area (Å²) in [7, 11) is 0. The van der Waals surface area contributed by atoms with Gasteiger partial charge in [-0.25, -0.2) is 4.98 Å². The van der Waals surface area contributed by atoms with Crippen LogP contribution in [0.3, 0.4) is 0 Å². The highest BCUT2D eigenvalue weighted by atomic mass is 32.1. The number of ether oxygens (including phenoxy) is 1. The minimum absolute atomic E-state index is 0.0715. The Balaban J connectivity index is 2.21. The molecule has 0 aliphatic heterocycles. The van der Waals surface area contributed by atoms with Gasteiger partial charge in [0.15, 0.2) is 5.78 Å². The van der Waals surface area contributed by atoms with Crippen molar-refractivity contribution in [2.24, 2.45) is 0 Å². The van der Waals surface area contributed by atoms with Gasteiger partial charge >= 0.3 is 0 Å². The van der Waals surface area contributed by atoms with Crippen LogP contribution in [0, 0.1) is 6.92 Å². The van der Waals surface area contributed by atoms with Crippen molar-refractivity contribution >= 4 is 27.3 Å². The molecule has 0 aliphatic carbocycles. The maximum Gasteiger partial charge on any atom is 0.263 e. The highest BCUT2D eigenvalue weighted by Crippen LogP contribution is 2.36. The van der Waals surface area contributed by atoms with Gasteiger partial charge in [-0.05, 0) is 45.4 Å². The van der Waals surface area contributed by atoms with E-state index < -0.39 is 6.04 Å². The van der Waals surface area contributed by atoms with Crippen LogP contribution >= 0.6 is 11.3 Å². The molecule has 3 aromatic rings. The van der Waals surface area contributed by atoms with Crippen molar-refractivity contribution in [3.63, 3.8) is 0 Å². The van der Waals surface area contributed by atoms with Crippen molar-refractivity contribution < 1.29 is 9.53 Å². The van der Waals surface area contributed by atoms with Crippen LogP contribution in [-0.2, 0) is 4.79 Å². The maximum absolute atomic E-state index is 13.0. The molecule has 6 heteroatoms. The van der Waals surface area contributed by atoms with E-state index in [2.05, 4.69) is 4.98 Å². The average Bonchev–Trinajstić information content (AvgIpc) is 2.92. The van der Waals surface area contributed by atoms with Crippen LogP contribution in [0.15, 0.2) is 35.4 Å². The van der Waals surface area contributed by atoms with E-state index >= 15 is 0 Å². The van der Waals surface area contributed by atoms with Crippen LogP contribution in [-0.4, -0.2) is 21.9 Å². The summed E-state index contributed by atoms with van der Waals surface area (Å²) in [6.07, 6.45) is 1.47. The summed E-state index contributed by atoms with van der Waals surface area (Å²) in [6, 6.07) is 7.16. The number of carbonyl (C=O) groups excluding carboxylic acids is 1. The van der Waals surface area contributed by atoms with Crippen molar-refractivity contribution in [3.05, 3.63) is 45.8 Å². The van der Waals surface area contributed by atoms with E-state index in [0.29, 0.717) is 16.8 Å². The molecular formula is C19H20N2O3S. The molecule has 0 saturated heterocycles. The maximum atomic E-state index is 13.0. The van der Waals surface area contributed by atoms with Gasteiger partial charge in [-0.15, -0.1) is 11.3 Å². The summed E-state index contributed by atoms with van der Waals surface area (Å²) < 4.78 is 6.90. The molecule has 0 radical (unpaired) electrons. The van der Waals surface area contributed by atoms with Gasteiger partial charge < -0.3 is 4.74 Å². The Bertz CT molecular complexity index is 986. The van der Waals surface area contributed by atoms with E-state index in [4.69, 9.17) is 4.74 Å². The number of carbonyl (C=O) groups is 1. The molecule has 5 nitrogen and oxygen atoms in total. The molecule has 0 aliphatic rings. The van der Waals surface area contributed by atoms with Gasteiger partial charge in [0.05, 0.1) is 24.4 Å². The molecule has 2 aromatic heterocycles. The highest BCUT2D eigenvalue weighted by molar-refractivity contribution is 7.19. The van der Waals surface area contributed by atoms with E-state index in [1.807, 2.05) is 38.1 Å². The van der Waals surface area contributed by atoms with E-state index in [1.165, 1.54) is 29.2 Å². The third-order valence-corrected chi connectivity index (χ3v) is 5.29. The largest absolute Gasteiger partial charge is 0.494 e. The van der Waals surface area contributed by atoms with Crippen LogP contribution in [0.1, 0.15) is 31.7 Å². The topological polar surface area (TPSA) is 61.2 Å². The Morgan fingerprint density at radius 1 is 1.32 bits per heavy atom. The minimum atomic E-state index is -0.530. The fourth-order valence-corrected chi connectivity index (χ4v) is 3.82. The second kappa shape index (κ2) is 6.80. The summed E-state index contributed by atoms with van der Waals surface area (Å²) in [5, 5.41) is 0.572. The number of rotatable bonds is 5. The van der Waals surface area contributed by atoms with Crippen LogP contribution < -0.4 is 10.3 Å². The van der Waals surface area contributed by atoms with Gasteiger partial charge in [0.2, 0.25) is 0 Å². The van der Waals surface area contributed by atoms with Gasteiger partial charge in [-0.2, -0.15) is 0 Å². The third kappa shape index (κ3) is 3.09. The number of aryl methyl sites for hydroxylation is 1. The Kier molecular flexibility index (Phi) is 4.72. The standard InChI is InChI=1S/C19H20N2O3S/c1-5-24-15-8-6-14(7-9-15)16-13(4)25-18-17(16)19(23)21(10-20-18)11(2)12(3)22/h6-11H,5H2,1-4H3/t11-/m1/s1.